The van der Waals surface area contributed by atoms with Gasteiger partial charge in [-0.1, -0.05) is 6.07 Å². The first-order valence-corrected chi connectivity index (χ1v) is 8.86. The van der Waals surface area contributed by atoms with E-state index < -0.39 is 0 Å². The second-order valence-electron chi connectivity index (χ2n) is 7.37. The molecule has 4 rings (SSSR count). The number of fused-ring (bicyclic) bond motifs is 3. The number of benzene rings is 1. The molecule has 4 heteroatoms. The number of nitrogens with zero attached hydrogens (tertiary/aromatic N) is 1. The van der Waals surface area contributed by atoms with E-state index in [1.807, 2.05) is 18.0 Å². The van der Waals surface area contributed by atoms with E-state index in [1.165, 1.54) is 43.2 Å². The lowest BCUT2D eigenvalue weighted by Crippen LogP contribution is -2.48. The van der Waals surface area contributed by atoms with Crippen molar-refractivity contribution >= 4 is 18.3 Å². The molecule has 2 unspecified atom stereocenters. The molecular formula is C19H27ClN2O. The predicted octanol–water partition coefficient (Wildman–Crippen LogP) is 3.34. The highest BCUT2D eigenvalue weighted by Gasteiger charge is 2.36. The summed E-state index contributed by atoms with van der Waals surface area (Å²) in [5, 5.41) is 3.66. The molecule has 126 valence electrons. The van der Waals surface area contributed by atoms with E-state index in [0.29, 0.717) is 18.1 Å². The van der Waals surface area contributed by atoms with Crippen molar-refractivity contribution in [1.82, 2.24) is 10.2 Å². The zero-order valence-electron chi connectivity index (χ0n) is 13.9. The van der Waals surface area contributed by atoms with Gasteiger partial charge in [-0.05, 0) is 74.6 Å². The lowest BCUT2D eigenvalue weighted by atomic mass is 9.90. The van der Waals surface area contributed by atoms with Crippen LogP contribution in [0, 0.1) is 0 Å². The van der Waals surface area contributed by atoms with Crippen LogP contribution in [0.2, 0.25) is 0 Å². The van der Waals surface area contributed by atoms with Crippen molar-refractivity contribution in [1.29, 1.82) is 0 Å². The Morgan fingerprint density at radius 3 is 2.43 bits per heavy atom. The largest absolute Gasteiger partial charge is 0.339 e. The molecule has 0 aromatic heterocycles. The van der Waals surface area contributed by atoms with Gasteiger partial charge in [-0.3, -0.25) is 4.79 Å². The highest BCUT2D eigenvalue weighted by Crippen LogP contribution is 2.30. The van der Waals surface area contributed by atoms with Crippen molar-refractivity contribution in [3.63, 3.8) is 0 Å². The first kappa shape index (κ1) is 16.8. The number of carbonyl (C=O) groups is 1. The fourth-order valence-electron chi connectivity index (χ4n) is 4.58. The summed E-state index contributed by atoms with van der Waals surface area (Å²) in [6.07, 6.45) is 9.66. The number of piperidine rings is 1. The van der Waals surface area contributed by atoms with Crippen molar-refractivity contribution in [2.75, 3.05) is 7.05 Å². The molecule has 2 bridgehead atoms. The lowest BCUT2D eigenvalue weighted by Gasteiger charge is -2.35. The standard InChI is InChI=1S/C19H26N2O.ClH/c1-21(18-11-16-8-9-17(12-18)20-16)19(22)15-7-6-13-4-2-3-5-14(13)10-15;/h6-7,10,16-18,20H,2-5,8-9,11-12H2,1H3;1H. The molecular weight excluding hydrogens is 308 g/mol. The van der Waals surface area contributed by atoms with Crippen LogP contribution in [0.25, 0.3) is 0 Å². The van der Waals surface area contributed by atoms with E-state index in [0.717, 1.165) is 24.8 Å². The third-order valence-corrected chi connectivity index (χ3v) is 5.91. The maximum atomic E-state index is 12.9. The number of rotatable bonds is 2. The minimum absolute atomic E-state index is 0. The first-order chi connectivity index (χ1) is 10.7. The van der Waals surface area contributed by atoms with Crippen LogP contribution in [-0.2, 0) is 12.8 Å². The number of nitrogens with one attached hydrogen (secondary N) is 1. The lowest BCUT2D eigenvalue weighted by molar-refractivity contribution is 0.0681. The average Bonchev–Trinajstić information content (AvgIpc) is 2.91. The molecule has 23 heavy (non-hydrogen) atoms. The van der Waals surface area contributed by atoms with E-state index in [9.17, 15) is 4.79 Å². The molecule has 1 aromatic rings. The van der Waals surface area contributed by atoms with Crippen LogP contribution in [0.1, 0.15) is 60.0 Å². The van der Waals surface area contributed by atoms with E-state index in [2.05, 4.69) is 17.4 Å². The second-order valence-corrected chi connectivity index (χ2v) is 7.37. The summed E-state index contributed by atoms with van der Waals surface area (Å²) in [7, 11) is 2.00. The van der Waals surface area contributed by atoms with Crippen LogP contribution in [0.15, 0.2) is 18.2 Å². The van der Waals surface area contributed by atoms with Crippen LogP contribution in [0.5, 0.6) is 0 Å². The monoisotopic (exact) mass is 334 g/mol. The molecule has 3 aliphatic rings. The summed E-state index contributed by atoms with van der Waals surface area (Å²) in [5.41, 5.74) is 3.73. The summed E-state index contributed by atoms with van der Waals surface area (Å²) in [5.74, 6) is 0.208. The van der Waals surface area contributed by atoms with Crippen molar-refractivity contribution in [2.24, 2.45) is 0 Å². The Kier molecular flexibility index (Phi) is 4.98. The molecule has 1 amide bonds. The Bertz CT molecular complexity index is 577. The number of aryl methyl sites for hydroxylation is 2. The Balaban J connectivity index is 0.00000156. The summed E-state index contributed by atoms with van der Waals surface area (Å²) in [6.45, 7) is 0. The Hall–Kier alpha value is -1.06. The third kappa shape index (κ3) is 3.27. The number of hydrogen-bond donors (Lipinski definition) is 1. The van der Waals surface area contributed by atoms with Crippen LogP contribution in [0.4, 0.5) is 0 Å². The minimum atomic E-state index is 0. The smallest absolute Gasteiger partial charge is 0.253 e. The maximum absolute atomic E-state index is 12.9. The van der Waals surface area contributed by atoms with Crippen molar-refractivity contribution in [3.8, 4) is 0 Å². The molecule has 2 atom stereocenters. The van der Waals surface area contributed by atoms with Gasteiger partial charge in [-0.15, -0.1) is 12.4 Å². The zero-order chi connectivity index (χ0) is 15.1. The van der Waals surface area contributed by atoms with E-state index in [1.54, 1.807) is 0 Å². The van der Waals surface area contributed by atoms with E-state index in [4.69, 9.17) is 0 Å². The number of amides is 1. The summed E-state index contributed by atoms with van der Waals surface area (Å²) in [4.78, 5) is 14.9. The van der Waals surface area contributed by atoms with E-state index in [-0.39, 0.29) is 18.3 Å². The summed E-state index contributed by atoms with van der Waals surface area (Å²) >= 11 is 0. The Morgan fingerprint density at radius 2 is 1.74 bits per heavy atom. The first-order valence-electron chi connectivity index (χ1n) is 8.86. The minimum Gasteiger partial charge on any atom is -0.339 e. The topological polar surface area (TPSA) is 32.3 Å². The van der Waals surface area contributed by atoms with Gasteiger partial charge in [0.15, 0.2) is 0 Å². The average molecular weight is 335 g/mol. The van der Waals surface area contributed by atoms with Crippen molar-refractivity contribution < 1.29 is 4.79 Å². The fourth-order valence-corrected chi connectivity index (χ4v) is 4.58. The zero-order valence-corrected chi connectivity index (χ0v) is 14.7. The quantitative estimate of drug-likeness (QED) is 0.899. The molecule has 2 heterocycles. The molecule has 1 aromatic carbocycles. The molecule has 2 fully saturated rings. The predicted molar refractivity (Wildman–Crippen MR) is 95.4 cm³/mol. The van der Waals surface area contributed by atoms with Gasteiger partial charge in [-0.25, -0.2) is 0 Å². The normalized spacial score (nSPS) is 28.7. The van der Waals surface area contributed by atoms with E-state index >= 15 is 0 Å². The second kappa shape index (κ2) is 6.82. The molecule has 1 aliphatic carbocycles. The van der Waals surface area contributed by atoms with Crippen LogP contribution in [0.3, 0.4) is 0 Å². The van der Waals surface area contributed by atoms with Gasteiger partial charge < -0.3 is 10.2 Å². The highest BCUT2D eigenvalue weighted by atomic mass is 35.5. The van der Waals surface area contributed by atoms with Crippen LogP contribution >= 0.6 is 12.4 Å². The summed E-state index contributed by atoms with van der Waals surface area (Å²) in [6, 6.07) is 8.04. The maximum Gasteiger partial charge on any atom is 0.253 e. The Morgan fingerprint density at radius 1 is 1.09 bits per heavy atom. The molecule has 3 nitrogen and oxygen atoms in total. The van der Waals surface area contributed by atoms with Gasteiger partial charge >= 0.3 is 0 Å². The molecule has 0 saturated carbocycles. The van der Waals surface area contributed by atoms with Gasteiger partial charge in [0.05, 0.1) is 0 Å². The summed E-state index contributed by atoms with van der Waals surface area (Å²) < 4.78 is 0. The van der Waals surface area contributed by atoms with Gasteiger partial charge in [0.2, 0.25) is 0 Å². The van der Waals surface area contributed by atoms with Crippen molar-refractivity contribution in [2.45, 2.75) is 69.5 Å². The SMILES string of the molecule is CN(C(=O)c1ccc2c(c1)CCCC2)C1CC2CCC(C1)N2.Cl. The number of hydrogen-bond acceptors (Lipinski definition) is 2. The fraction of sp³-hybridized carbons (Fsp3) is 0.632. The third-order valence-electron chi connectivity index (χ3n) is 5.91. The van der Waals surface area contributed by atoms with Crippen molar-refractivity contribution in [3.05, 3.63) is 34.9 Å². The molecule has 0 radical (unpaired) electrons. The molecule has 2 saturated heterocycles. The van der Waals surface area contributed by atoms with Gasteiger partial charge in [0.1, 0.15) is 0 Å². The number of halogens is 1. The molecule has 2 aliphatic heterocycles. The van der Waals surface area contributed by atoms with Gasteiger partial charge in [0, 0.05) is 30.7 Å². The number of carbonyl (C=O) groups excluding carboxylic acids is 1. The van der Waals surface area contributed by atoms with Gasteiger partial charge in [-0.2, -0.15) is 0 Å². The molecule has 1 N–H and O–H groups in total. The van der Waals surface area contributed by atoms with Gasteiger partial charge in [0.25, 0.3) is 5.91 Å². The Labute approximate surface area is 145 Å². The van der Waals surface area contributed by atoms with Crippen LogP contribution < -0.4 is 5.32 Å². The molecule has 0 spiro atoms. The van der Waals surface area contributed by atoms with Crippen LogP contribution in [-0.4, -0.2) is 36.0 Å². The highest BCUT2D eigenvalue weighted by molar-refractivity contribution is 5.94.